The third-order valence-corrected chi connectivity index (χ3v) is 3.99. The summed E-state index contributed by atoms with van der Waals surface area (Å²) in [4.78, 5) is 13.3. The van der Waals surface area contributed by atoms with Crippen LogP contribution in [0.2, 0.25) is 0 Å². The van der Waals surface area contributed by atoms with E-state index < -0.39 is 0 Å². The van der Waals surface area contributed by atoms with Crippen LogP contribution >= 0.6 is 11.3 Å². The number of anilines is 1. The van der Waals surface area contributed by atoms with Crippen molar-refractivity contribution >= 4 is 22.3 Å². The van der Waals surface area contributed by atoms with Crippen molar-refractivity contribution in [3.05, 3.63) is 16.0 Å². The van der Waals surface area contributed by atoms with Gasteiger partial charge in [0.1, 0.15) is 5.00 Å². The number of carbonyl (C=O) groups is 1. The molecule has 0 bridgehead atoms. The molecule has 0 saturated heterocycles. The predicted molar refractivity (Wildman–Crippen MR) is 66.5 cm³/mol. The minimum atomic E-state index is -0.169. The topological polar surface area (TPSA) is 38.3 Å². The normalized spacial score (nSPS) is 13.6. The summed E-state index contributed by atoms with van der Waals surface area (Å²) in [5, 5.41) is 4.25. The summed E-state index contributed by atoms with van der Waals surface area (Å²) >= 11 is 1.72. The second kappa shape index (κ2) is 4.87. The maximum atomic E-state index is 11.9. The Balaban J connectivity index is 2.35. The Labute approximate surface area is 99.8 Å². The minimum Gasteiger partial charge on any atom is -0.462 e. The highest BCUT2D eigenvalue weighted by Crippen LogP contribution is 2.39. The molecule has 2 rings (SSSR count). The highest BCUT2D eigenvalue weighted by molar-refractivity contribution is 7.16. The van der Waals surface area contributed by atoms with Gasteiger partial charge in [0.15, 0.2) is 0 Å². The largest absolute Gasteiger partial charge is 0.462 e. The lowest BCUT2D eigenvalue weighted by Gasteiger charge is -2.06. The number of hydrogen-bond acceptors (Lipinski definition) is 4. The summed E-state index contributed by atoms with van der Waals surface area (Å²) in [5.41, 5.74) is 2.01. The zero-order valence-electron chi connectivity index (χ0n) is 9.76. The molecule has 0 atom stereocenters. The standard InChI is InChI=1S/C12H17NO2S/c1-3-13-11-10(12(14)15-4-2)8-6-5-7-9(8)16-11/h13H,3-7H2,1-2H3. The summed E-state index contributed by atoms with van der Waals surface area (Å²) < 4.78 is 5.13. The van der Waals surface area contributed by atoms with E-state index >= 15 is 0 Å². The third-order valence-electron chi connectivity index (χ3n) is 2.74. The van der Waals surface area contributed by atoms with E-state index in [0.717, 1.165) is 30.0 Å². The molecule has 4 heteroatoms. The molecule has 1 aliphatic carbocycles. The van der Waals surface area contributed by atoms with Gasteiger partial charge >= 0.3 is 5.97 Å². The van der Waals surface area contributed by atoms with Gasteiger partial charge in [0.2, 0.25) is 0 Å². The average molecular weight is 239 g/mol. The quantitative estimate of drug-likeness (QED) is 0.821. The number of hydrogen-bond donors (Lipinski definition) is 1. The van der Waals surface area contributed by atoms with E-state index in [0.29, 0.717) is 6.61 Å². The van der Waals surface area contributed by atoms with E-state index in [9.17, 15) is 4.79 Å². The smallest absolute Gasteiger partial charge is 0.341 e. The summed E-state index contributed by atoms with van der Waals surface area (Å²) in [6, 6.07) is 0. The van der Waals surface area contributed by atoms with Gasteiger partial charge in [0, 0.05) is 11.4 Å². The molecule has 1 heterocycles. The molecule has 0 spiro atoms. The van der Waals surface area contributed by atoms with Gasteiger partial charge in [-0.15, -0.1) is 11.3 Å². The highest BCUT2D eigenvalue weighted by atomic mass is 32.1. The molecule has 0 aromatic carbocycles. The van der Waals surface area contributed by atoms with E-state index in [2.05, 4.69) is 5.32 Å². The number of rotatable bonds is 4. The van der Waals surface area contributed by atoms with Crippen molar-refractivity contribution in [1.29, 1.82) is 0 Å². The molecule has 3 nitrogen and oxygen atoms in total. The number of fused-ring (bicyclic) bond motifs is 1. The summed E-state index contributed by atoms with van der Waals surface area (Å²) in [6.45, 7) is 5.16. The van der Waals surface area contributed by atoms with Crippen molar-refractivity contribution in [1.82, 2.24) is 0 Å². The van der Waals surface area contributed by atoms with Gasteiger partial charge in [-0.05, 0) is 38.7 Å². The van der Waals surface area contributed by atoms with Crippen LogP contribution in [0.1, 0.15) is 41.1 Å². The molecule has 0 aliphatic heterocycles. The maximum absolute atomic E-state index is 11.9. The first-order chi connectivity index (χ1) is 7.77. The fourth-order valence-electron chi connectivity index (χ4n) is 2.11. The monoisotopic (exact) mass is 239 g/mol. The molecule has 0 fully saturated rings. The van der Waals surface area contributed by atoms with Gasteiger partial charge in [0.05, 0.1) is 12.2 Å². The molecule has 16 heavy (non-hydrogen) atoms. The van der Waals surface area contributed by atoms with Gasteiger partial charge in [-0.2, -0.15) is 0 Å². The van der Waals surface area contributed by atoms with Crippen LogP contribution in [0, 0.1) is 0 Å². The van der Waals surface area contributed by atoms with Crippen LogP contribution in [0.4, 0.5) is 5.00 Å². The number of carbonyl (C=O) groups excluding carboxylic acids is 1. The molecule has 1 aromatic rings. The van der Waals surface area contributed by atoms with E-state index in [4.69, 9.17) is 4.74 Å². The SMILES string of the molecule is CCNc1sc2c(c1C(=O)OCC)CCC2. The van der Waals surface area contributed by atoms with Gasteiger partial charge in [-0.3, -0.25) is 0 Å². The van der Waals surface area contributed by atoms with Crippen LogP contribution < -0.4 is 5.32 Å². The Morgan fingerprint density at radius 1 is 1.44 bits per heavy atom. The van der Waals surface area contributed by atoms with Crippen molar-refractivity contribution in [3.63, 3.8) is 0 Å². The van der Waals surface area contributed by atoms with E-state index in [1.54, 1.807) is 11.3 Å². The van der Waals surface area contributed by atoms with Gasteiger partial charge in [0.25, 0.3) is 0 Å². The molecule has 1 N–H and O–H groups in total. The molecular weight excluding hydrogens is 222 g/mol. The van der Waals surface area contributed by atoms with Crippen LogP contribution in [0.15, 0.2) is 0 Å². The lowest BCUT2D eigenvalue weighted by molar-refractivity contribution is 0.0527. The number of nitrogens with one attached hydrogen (secondary N) is 1. The fraction of sp³-hybridized carbons (Fsp3) is 0.583. The van der Waals surface area contributed by atoms with Gasteiger partial charge in [-0.1, -0.05) is 0 Å². The van der Waals surface area contributed by atoms with E-state index in [-0.39, 0.29) is 5.97 Å². The predicted octanol–water partition coefficient (Wildman–Crippen LogP) is 2.85. The fourth-order valence-corrected chi connectivity index (χ4v) is 3.45. The lowest BCUT2D eigenvalue weighted by atomic mass is 10.1. The zero-order chi connectivity index (χ0) is 11.5. The molecule has 0 unspecified atom stereocenters. The zero-order valence-corrected chi connectivity index (χ0v) is 10.6. The van der Waals surface area contributed by atoms with Crippen molar-refractivity contribution in [2.45, 2.75) is 33.1 Å². The maximum Gasteiger partial charge on any atom is 0.341 e. The first-order valence-electron chi connectivity index (χ1n) is 5.83. The molecule has 0 radical (unpaired) electrons. The van der Waals surface area contributed by atoms with Crippen LogP contribution in [0.3, 0.4) is 0 Å². The lowest BCUT2D eigenvalue weighted by Crippen LogP contribution is -2.09. The van der Waals surface area contributed by atoms with Crippen LogP contribution in [0.25, 0.3) is 0 Å². The molecular formula is C12H17NO2S. The van der Waals surface area contributed by atoms with Crippen LogP contribution in [0.5, 0.6) is 0 Å². The number of esters is 1. The summed E-state index contributed by atoms with van der Waals surface area (Å²) in [7, 11) is 0. The first kappa shape index (κ1) is 11.5. The average Bonchev–Trinajstić information content (AvgIpc) is 2.77. The Morgan fingerprint density at radius 3 is 2.94 bits per heavy atom. The summed E-state index contributed by atoms with van der Waals surface area (Å²) in [5.74, 6) is -0.169. The second-order valence-electron chi connectivity index (χ2n) is 3.81. The van der Waals surface area contributed by atoms with Crippen LogP contribution in [-0.4, -0.2) is 19.1 Å². The molecule has 1 aromatic heterocycles. The number of aryl methyl sites for hydroxylation is 1. The Morgan fingerprint density at radius 2 is 2.25 bits per heavy atom. The highest BCUT2D eigenvalue weighted by Gasteiger charge is 2.26. The Hall–Kier alpha value is -1.03. The molecule has 1 aliphatic rings. The number of ether oxygens (including phenoxy) is 1. The Kier molecular flexibility index (Phi) is 3.49. The van der Waals surface area contributed by atoms with Crippen molar-refractivity contribution in [2.24, 2.45) is 0 Å². The second-order valence-corrected chi connectivity index (χ2v) is 4.92. The van der Waals surface area contributed by atoms with Crippen molar-refractivity contribution in [2.75, 3.05) is 18.5 Å². The molecule has 88 valence electrons. The van der Waals surface area contributed by atoms with E-state index in [1.807, 2.05) is 13.8 Å². The first-order valence-corrected chi connectivity index (χ1v) is 6.65. The molecule has 0 amide bonds. The number of thiophene rings is 1. The van der Waals surface area contributed by atoms with Crippen molar-refractivity contribution < 1.29 is 9.53 Å². The molecule has 0 saturated carbocycles. The van der Waals surface area contributed by atoms with Crippen LogP contribution in [-0.2, 0) is 17.6 Å². The minimum absolute atomic E-state index is 0.169. The summed E-state index contributed by atoms with van der Waals surface area (Å²) in [6.07, 6.45) is 3.29. The van der Waals surface area contributed by atoms with E-state index in [1.165, 1.54) is 16.9 Å². The third kappa shape index (κ3) is 1.94. The van der Waals surface area contributed by atoms with Crippen molar-refractivity contribution in [3.8, 4) is 0 Å². The van der Waals surface area contributed by atoms with Gasteiger partial charge < -0.3 is 10.1 Å². The van der Waals surface area contributed by atoms with Gasteiger partial charge in [-0.25, -0.2) is 4.79 Å². The Bertz CT molecular complexity index is 398.